The maximum Gasteiger partial charge on any atom is 0.135 e. The molecule has 1 fully saturated rings. The van der Waals surface area contributed by atoms with E-state index in [9.17, 15) is 14.7 Å². The second kappa shape index (κ2) is 9.36. The average molecular weight is 322 g/mol. The van der Waals surface area contributed by atoms with Crippen LogP contribution in [0.4, 0.5) is 0 Å². The number of hydrogen-bond donors (Lipinski definition) is 1. The summed E-state index contributed by atoms with van der Waals surface area (Å²) in [5.41, 5.74) is 1.06. The molecule has 1 N–H and O–H groups in total. The van der Waals surface area contributed by atoms with Gasteiger partial charge in [0.15, 0.2) is 0 Å². The summed E-state index contributed by atoms with van der Waals surface area (Å²) in [7, 11) is 0. The molecule has 3 nitrogen and oxygen atoms in total. The zero-order valence-electron chi connectivity index (χ0n) is 15.3. The fourth-order valence-corrected chi connectivity index (χ4v) is 3.41. The fraction of sp³-hybridized carbons (Fsp3) is 0.800. The van der Waals surface area contributed by atoms with Gasteiger partial charge in [0.05, 0.1) is 6.10 Å². The van der Waals surface area contributed by atoms with Crippen molar-refractivity contribution in [1.82, 2.24) is 0 Å². The third-order valence-corrected chi connectivity index (χ3v) is 5.39. The Hall–Kier alpha value is -0.960. The molecule has 1 saturated carbocycles. The Morgan fingerprint density at radius 2 is 1.74 bits per heavy atom. The molecule has 0 spiro atoms. The molecule has 1 rings (SSSR count). The Kier molecular flexibility index (Phi) is 8.18. The molecule has 132 valence electrons. The summed E-state index contributed by atoms with van der Waals surface area (Å²) in [6.07, 6.45) is 4.20. The molecule has 0 amide bonds. The molecule has 0 aromatic rings. The lowest BCUT2D eigenvalue weighted by atomic mass is 9.81. The predicted octanol–water partition coefficient (Wildman–Crippen LogP) is 4.33. The van der Waals surface area contributed by atoms with Crippen LogP contribution in [0.5, 0.6) is 0 Å². The van der Waals surface area contributed by atoms with Crippen molar-refractivity contribution in [3.63, 3.8) is 0 Å². The van der Waals surface area contributed by atoms with E-state index in [-0.39, 0.29) is 29.5 Å². The van der Waals surface area contributed by atoms with Gasteiger partial charge in [-0.1, -0.05) is 32.9 Å². The van der Waals surface area contributed by atoms with E-state index in [0.29, 0.717) is 31.5 Å². The zero-order valence-corrected chi connectivity index (χ0v) is 15.3. The molecular weight excluding hydrogens is 288 g/mol. The Morgan fingerprint density at radius 3 is 2.35 bits per heavy atom. The predicted molar refractivity (Wildman–Crippen MR) is 94.1 cm³/mol. The first-order valence-electron chi connectivity index (χ1n) is 9.08. The molecule has 0 radical (unpaired) electrons. The van der Waals surface area contributed by atoms with Crippen molar-refractivity contribution in [2.75, 3.05) is 0 Å². The summed E-state index contributed by atoms with van der Waals surface area (Å²) >= 11 is 0. The largest absolute Gasteiger partial charge is 0.393 e. The van der Waals surface area contributed by atoms with Gasteiger partial charge in [-0.25, -0.2) is 0 Å². The Labute approximate surface area is 141 Å². The van der Waals surface area contributed by atoms with E-state index < -0.39 is 6.10 Å². The number of ketones is 2. The van der Waals surface area contributed by atoms with Crippen LogP contribution in [-0.2, 0) is 9.59 Å². The van der Waals surface area contributed by atoms with Crippen molar-refractivity contribution in [1.29, 1.82) is 0 Å². The number of carbonyl (C=O) groups excluding carboxylic acids is 2. The molecular formula is C20H34O3. The van der Waals surface area contributed by atoms with Crippen molar-refractivity contribution in [2.45, 2.75) is 78.7 Å². The lowest BCUT2D eigenvalue weighted by Crippen LogP contribution is -2.26. The molecule has 0 heterocycles. The highest BCUT2D eigenvalue weighted by Crippen LogP contribution is 2.28. The van der Waals surface area contributed by atoms with Gasteiger partial charge in [0.25, 0.3) is 0 Å². The third-order valence-electron chi connectivity index (χ3n) is 5.39. The number of hydrogen-bond acceptors (Lipinski definition) is 3. The summed E-state index contributed by atoms with van der Waals surface area (Å²) in [6, 6.07) is 0. The van der Waals surface area contributed by atoms with Crippen LogP contribution in [0.2, 0.25) is 0 Å². The van der Waals surface area contributed by atoms with Crippen LogP contribution in [0.15, 0.2) is 12.2 Å². The molecule has 1 aliphatic carbocycles. The second-order valence-corrected chi connectivity index (χ2v) is 7.86. The quantitative estimate of drug-likeness (QED) is 0.731. The van der Waals surface area contributed by atoms with Crippen LogP contribution < -0.4 is 0 Å². The molecule has 0 aromatic heterocycles. The van der Waals surface area contributed by atoms with Gasteiger partial charge in [-0.2, -0.15) is 0 Å². The van der Waals surface area contributed by atoms with E-state index in [4.69, 9.17) is 0 Å². The fourth-order valence-electron chi connectivity index (χ4n) is 3.41. The van der Waals surface area contributed by atoms with Gasteiger partial charge in [0.1, 0.15) is 11.6 Å². The smallest absolute Gasteiger partial charge is 0.135 e. The van der Waals surface area contributed by atoms with Crippen molar-refractivity contribution in [3.8, 4) is 0 Å². The Bertz CT molecular complexity index is 427. The van der Waals surface area contributed by atoms with Crippen LogP contribution in [0.3, 0.4) is 0 Å². The first-order chi connectivity index (χ1) is 10.7. The molecule has 0 unspecified atom stereocenters. The lowest BCUT2D eigenvalue weighted by Gasteiger charge is -2.26. The first-order valence-corrected chi connectivity index (χ1v) is 9.08. The van der Waals surface area contributed by atoms with Crippen molar-refractivity contribution in [2.24, 2.45) is 23.7 Å². The van der Waals surface area contributed by atoms with Gasteiger partial charge in [-0.15, -0.1) is 0 Å². The van der Waals surface area contributed by atoms with E-state index in [2.05, 4.69) is 6.58 Å². The van der Waals surface area contributed by atoms with E-state index >= 15 is 0 Å². The molecule has 0 bridgehead atoms. The van der Waals surface area contributed by atoms with E-state index in [1.807, 2.05) is 27.7 Å². The van der Waals surface area contributed by atoms with Crippen LogP contribution in [-0.4, -0.2) is 22.8 Å². The summed E-state index contributed by atoms with van der Waals surface area (Å²) < 4.78 is 0. The summed E-state index contributed by atoms with van der Waals surface area (Å²) in [4.78, 5) is 24.4. The van der Waals surface area contributed by atoms with Crippen molar-refractivity contribution in [3.05, 3.63) is 12.2 Å². The standard InChI is InChI=1S/C20H34O3/c1-13(2)17-8-7-15(4)19(22)9-6-14(3)10-18(21)11-16(5)20(23)12-17/h14-17,20,23H,1,6-12H2,2-5H3/t14-,15+,16+,17+,20+/m0/s1. The van der Waals surface area contributed by atoms with Gasteiger partial charge in [-0.05, 0) is 50.4 Å². The number of Topliss-reactive ketones (excluding diaryl/α,β-unsaturated/α-hetero) is 2. The van der Waals surface area contributed by atoms with Crippen LogP contribution in [0, 0.1) is 23.7 Å². The highest BCUT2D eigenvalue weighted by Gasteiger charge is 2.25. The van der Waals surface area contributed by atoms with Gasteiger partial charge in [0.2, 0.25) is 0 Å². The number of aliphatic hydroxyl groups is 1. The number of carbonyl (C=O) groups is 2. The van der Waals surface area contributed by atoms with E-state index in [1.54, 1.807) is 0 Å². The summed E-state index contributed by atoms with van der Waals surface area (Å²) in [5, 5.41) is 10.4. The lowest BCUT2D eigenvalue weighted by molar-refractivity contribution is -0.124. The first kappa shape index (κ1) is 20.1. The number of rotatable bonds is 1. The minimum atomic E-state index is -0.482. The molecule has 0 saturated heterocycles. The Morgan fingerprint density at radius 1 is 1.09 bits per heavy atom. The van der Waals surface area contributed by atoms with Gasteiger partial charge < -0.3 is 5.11 Å². The van der Waals surface area contributed by atoms with Gasteiger partial charge >= 0.3 is 0 Å². The third kappa shape index (κ3) is 6.99. The topological polar surface area (TPSA) is 54.4 Å². The minimum absolute atomic E-state index is 0.0152. The van der Waals surface area contributed by atoms with E-state index in [0.717, 1.165) is 24.8 Å². The van der Waals surface area contributed by atoms with Crippen LogP contribution in [0.1, 0.15) is 72.6 Å². The number of aliphatic hydroxyl groups excluding tert-OH is 1. The van der Waals surface area contributed by atoms with Crippen molar-refractivity contribution < 1.29 is 14.7 Å². The molecule has 1 aliphatic rings. The van der Waals surface area contributed by atoms with E-state index in [1.165, 1.54) is 0 Å². The monoisotopic (exact) mass is 322 g/mol. The van der Waals surface area contributed by atoms with Gasteiger partial charge in [-0.3, -0.25) is 9.59 Å². The number of allylic oxidation sites excluding steroid dienone is 1. The maximum absolute atomic E-state index is 12.2. The normalized spacial score (nSPS) is 35.6. The van der Waals surface area contributed by atoms with Gasteiger partial charge in [0, 0.05) is 25.2 Å². The molecule has 23 heavy (non-hydrogen) atoms. The molecule has 0 aromatic carbocycles. The minimum Gasteiger partial charge on any atom is -0.393 e. The Balaban J connectivity index is 2.83. The SMILES string of the molecule is C=C(C)[C@@H]1CC[C@@H](C)C(=O)CC[C@H](C)CC(=O)C[C@@H](C)[C@H](O)C1. The second-order valence-electron chi connectivity index (χ2n) is 7.86. The average Bonchev–Trinajstić information content (AvgIpc) is 2.46. The zero-order chi connectivity index (χ0) is 17.6. The molecule has 5 atom stereocenters. The van der Waals surface area contributed by atoms with Crippen LogP contribution in [0.25, 0.3) is 0 Å². The van der Waals surface area contributed by atoms with Crippen LogP contribution >= 0.6 is 0 Å². The maximum atomic E-state index is 12.2. The summed E-state index contributed by atoms with van der Waals surface area (Å²) in [6.45, 7) is 12.0. The molecule has 3 heteroatoms. The highest BCUT2D eigenvalue weighted by atomic mass is 16.3. The van der Waals surface area contributed by atoms with Crippen molar-refractivity contribution >= 4 is 11.6 Å². The summed E-state index contributed by atoms with van der Waals surface area (Å²) in [5.74, 6) is 1.01. The molecule has 0 aliphatic heterocycles. The highest BCUT2D eigenvalue weighted by molar-refractivity contribution is 5.81.